The summed E-state index contributed by atoms with van der Waals surface area (Å²) < 4.78 is 19.9. The first kappa shape index (κ1) is 13.0. The maximum absolute atomic E-state index is 13.5. The number of nitrogens with zero attached hydrogens (tertiary/aromatic N) is 1. The molecule has 18 heavy (non-hydrogen) atoms. The molecule has 0 radical (unpaired) electrons. The van der Waals surface area contributed by atoms with Crippen LogP contribution in [0.4, 0.5) is 4.39 Å². The Hall–Kier alpha value is -1.46. The van der Waals surface area contributed by atoms with Gasteiger partial charge in [0, 0.05) is 22.8 Å². The quantitative estimate of drug-likeness (QED) is 0.938. The number of pyridine rings is 1. The Morgan fingerprint density at radius 1 is 1.39 bits per heavy atom. The first-order chi connectivity index (χ1) is 8.70. The van der Waals surface area contributed by atoms with Gasteiger partial charge in [0.2, 0.25) is 5.88 Å². The van der Waals surface area contributed by atoms with Crippen LogP contribution in [0.1, 0.15) is 5.56 Å². The van der Waals surface area contributed by atoms with Crippen molar-refractivity contribution in [3.05, 3.63) is 52.4 Å². The Kier molecular flexibility index (Phi) is 4.28. The predicted octanol–water partition coefficient (Wildman–Crippen LogP) is 3.49. The lowest BCUT2D eigenvalue weighted by Crippen LogP contribution is -2.07. The Morgan fingerprint density at radius 3 is 2.89 bits per heavy atom. The van der Waals surface area contributed by atoms with E-state index in [2.05, 4.69) is 26.2 Å². The van der Waals surface area contributed by atoms with Crippen LogP contribution >= 0.6 is 15.9 Å². The fourth-order valence-electron chi connectivity index (χ4n) is 1.51. The second kappa shape index (κ2) is 5.93. The van der Waals surface area contributed by atoms with Gasteiger partial charge in [0.1, 0.15) is 0 Å². The maximum Gasteiger partial charge on any atom is 0.223 e. The average molecular weight is 311 g/mol. The van der Waals surface area contributed by atoms with Crippen molar-refractivity contribution in [2.45, 2.75) is 6.54 Å². The van der Waals surface area contributed by atoms with E-state index in [0.29, 0.717) is 12.4 Å². The average Bonchev–Trinajstić information content (AvgIpc) is 2.35. The summed E-state index contributed by atoms with van der Waals surface area (Å²) in [5, 5.41) is 3.02. The molecule has 1 heterocycles. The lowest BCUT2D eigenvalue weighted by atomic mass is 10.2. The smallest absolute Gasteiger partial charge is 0.223 e. The fraction of sp³-hybridized carbons (Fsp3) is 0.154. The number of nitrogens with one attached hydrogen (secondary N) is 1. The molecule has 0 aliphatic carbocycles. The van der Waals surface area contributed by atoms with Crippen molar-refractivity contribution >= 4 is 15.9 Å². The molecule has 1 aromatic carbocycles. The van der Waals surface area contributed by atoms with Gasteiger partial charge in [-0.15, -0.1) is 0 Å². The van der Waals surface area contributed by atoms with Gasteiger partial charge in [-0.3, -0.25) is 0 Å². The standard InChI is InChI=1S/C13H12BrFN2O/c1-16-7-9-6-10(14)8-17-13(9)18-12-5-3-2-4-11(12)15/h2-6,8,16H,7H2,1H3. The van der Waals surface area contributed by atoms with Crippen LogP contribution in [0.5, 0.6) is 11.6 Å². The summed E-state index contributed by atoms with van der Waals surface area (Å²) in [6.07, 6.45) is 1.62. The number of ether oxygens (including phenoxy) is 1. The van der Waals surface area contributed by atoms with Crippen LogP contribution < -0.4 is 10.1 Å². The minimum absolute atomic E-state index is 0.171. The highest BCUT2D eigenvalue weighted by Crippen LogP contribution is 2.27. The van der Waals surface area contributed by atoms with Crippen LogP contribution in [0.25, 0.3) is 0 Å². The third-order valence-corrected chi connectivity index (χ3v) is 2.74. The zero-order chi connectivity index (χ0) is 13.0. The van der Waals surface area contributed by atoms with Gasteiger partial charge in [-0.25, -0.2) is 9.37 Å². The molecule has 1 N–H and O–H groups in total. The van der Waals surface area contributed by atoms with E-state index in [1.807, 2.05) is 13.1 Å². The highest BCUT2D eigenvalue weighted by molar-refractivity contribution is 9.10. The fourth-order valence-corrected chi connectivity index (χ4v) is 1.89. The third-order valence-electron chi connectivity index (χ3n) is 2.30. The Bertz CT molecular complexity index is 548. The number of aromatic nitrogens is 1. The van der Waals surface area contributed by atoms with Gasteiger partial charge in [-0.1, -0.05) is 12.1 Å². The van der Waals surface area contributed by atoms with Crippen molar-refractivity contribution in [3.63, 3.8) is 0 Å². The van der Waals surface area contributed by atoms with E-state index >= 15 is 0 Å². The molecule has 0 aliphatic heterocycles. The predicted molar refractivity (Wildman–Crippen MR) is 71.2 cm³/mol. The zero-order valence-corrected chi connectivity index (χ0v) is 11.4. The molecule has 0 unspecified atom stereocenters. The molecular formula is C13H12BrFN2O. The number of benzene rings is 1. The summed E-state index contributed by atoms with van der Waals surface area (Å²) in [5.41, 5.74) is 0.857. The van der Waals surface area contributed by atoms with E-state index in [1.165, 1.54) is 6.07 Å². The molecule has 1 aromatic heterocycles. The molecule has 94 valence electrons. The van der Waals surface area contributed by atoms with Gasteiger partial charge in [-0.2, -0.15) is 0 Å². The van der Waals surface area contributed by atoms with Gasteiger partial charge >= 0.3 is 0 Å². The summed E-state index contributed by atoms with van der Waals surface area (Å²) in [6.45, 7) is 0.593. The second-order valence-electron chi connectivity index (χ2n) is 3.68. The molecule has 0 atom stereocenters. The number of rotatable bonds is 4. The lowest BCUT2D eigenvalue weighted by Gasteiger charge is -2.10. The third kappa shape index (κ3) is 3.05. The van der Waals surface area contributed by atoms with Crippen LogP contribution in [0.3, 0.4) is 0 Å². The Labute approximate surface area is 113 Å². The van der Waals surface area contributed by atoms with Crippen LogP contribution in [-0.2, 0) is 6.54 Å². The van der Waals surface area contributed by atoms with E-state index < -0.39 is 5.82 Å². The second-order valence-corrected chi connectivity index (χ2v) is 4.60. The topological polar surface area (TPSA) is 34.2 Å². The van der Waals surface area contributed by atoms with Crippen molar-refractivity contribution < 1.29 is 9.13 Å². The summed E-state index contributed by atoms with van der Waals surface area (Å²) in [6, 6.07) is 8.15. The molecule has 0 spiro atoms. The van der Waals surface area contributed by atoms with E-state index in [-0.39, 0.29) is 5.75 Å². The molecule has 0 saturated heterocycles. The molecule has 2 rings (SSSR count). The summed E-state index contributed by atoms with van der Waals surface area (Å²) >= 11 is 3.35. The van der Waals surface area contributed by atoms with Gasteiger partial charge in [-0.05, 0) is 41.2 Å². The van der Waals surface area contributed by atoms with E-state index in [9.17, 15) is 4.39 Å². The number of hydrogen-bond acceptors (Lipinski definition) is 3. The highest BCUT2D eigenvalue weighted by atomic mass is 79.9. The minimum Gasteiger partial charge on any atom is -0.436 e. The molecule has 0 aliphatic rings. The van der Waals surface area contributed by atoms with Crippen molar-refractivity contribution in [3.8, 4) is 11.6 Å². The van der Waals surface area contributed by atoms with Crippen LogP contribution in [-0.4, -0.2) is 12.0 Å². The van der Waals surface area contributed by atoms with Crippen molar-refractivity contribution in [1.29, 1.82) is 0 Å². The molecule has 2 aromatic rings. The number of halogens is 2. The molecule has 5 heteroatoms. The number of hydrogen-bond donors (Lipinski definition) is 1. The van der Waals surface area contributed by atoms with Crippen LogP contribution in [0.15, 0.2) is 41.0 Å². The minimum atomic E-state index is -0.405. The molecule has 0 amide bonds. The molecule has 0 bridgehead atoms. The SMILES string of the molecule is CNCc1cc(Br)cnc1Oc1ccccc1F. The molecule has 0 saturated carbocycles. The normalized spacial score (nSPS) is 10.4. The van der Waals surface area contributed by atoms with Crippen molar-refractivity contribution in [2.75, 3.05) is 7.05 Å². The Morgan fingerprint density at radius 2 is 2.17 bits per heavy atom. The zero-order valence-electron chi connectivity index (χ0n) is 9.78. The summed E-state index contributed by atoms with van der Waals surface area (Å²) in [4.78, 5) is 4.16. The lowest BCUT2D eigenvalue weighted by molar-refractivity contribution is 0.421. The first-order valence-electron chi connectivity index (χ1n) is 5.42. The monoisotopic (exact) mass is 310 g/mol. The Balaban J connectivity index is 2.31. The van der Waals surface area contributed by atoms with Crippen molar-refractivity contribution in [1.82, 2.24) is 10.3 Å². The van der Waals surface area contributed by atoms with Crippen molar-refractivity contribution in [2.24, 2.45) is 0 Å². The van der Waals surface area contributed by atoms with Crippen LogP contribution in [0, 0.1) is 5.82 Å². The van der Waals surface area contributed by atoms with Gasteiger partial charge < -0.3 is 10.1 Å². The van der Waals surface area contributed by atoms with Gasteiger partial charge in [0.05, 0.1) is 0 Å². The summed E-state index contributed by atoms with van der Waals surface area (Å²) in [7, 11) is 1.83. The molecular weight excluding hydrogens is 299 g/mol. The van der Waals surface area contributed by atoms with Crippen LogP contribution in [0.2, 0.25) is 0 Å². The van der Waals surface area contributed by atoms with Gasteiger partial charge in [0.25, 0.3) is 0 Å². The largest absolute Gasteiger partial charge is 0.436 e. The molecule has 3 nitrogen and oxygen atoms in total. The highest BCUT2D eigenvalue weighted by Gasteiger charge is 2.09. The van der Waals surface area contributed by atoms with E-state index in [0.717, 1.165) is 10.0 Å². The van der Waals surface area contributed by atoms with Gasteiger partial charge in [0.15, 0.2) is 11.6 Å². The molecule has 0 fully saturated rings. The maximum atomic E-state index is 13.5. The summed E-state index contributed by atoms with van der Waals surface area (Å²) in [5.74, 6) is 0.167. The number of para-hydroxylation sites is 1. The van der Waals surface area contributed by atoms with E-state index in [1.54, 1.807) is 24.4 Å². The first-order valence-corrected chi connectivity index (χ1v) is 6.21. The van der Waals surface area contributed by atoms with E-state index in [4.69, 9.17) is 4.74 Å².